The first-order valence-electron chi connectivity index (χ1n) is 20.2. The molecule has 5 aromatic rings. The molecule has 0 radical (unpaired) electrons. The maximum Gasteiger partial charge on any atom is 0.343 e. The molecule has 0 aliphatic carbocycles. The minimum atomic E-state index is -1.66. The molecule has 2 bridgehead atoms. The highest BCUT2D eigenvalue weighted by molar-refractivity contribution is 5.81. The van der Waals surface area contributed by atoms with Crippen molar-refractivity contribution in [3.63, 3.8) is 0 Å². The Kier molecular flexibility index (Phi) is 14.0. The maximum absolute atomic E-state index is 14.1. The van der Waals surface area contributed by atoms with E-state index in [4.69, 9.17) is 33.2 Å². The van der Waals surface area contributed by atoms with Gasteiger partial charge in [-0.3, -0.25) is 0 Å². The molecular formula is C50H54O8. The fourth-order valence-electron chi connectivity index (χ4n) is 7.88. The molecule has 0 amide bonds. The van der Waals surface area contributed by atoms with Gasteiger partial charge in [-0.1, -0.05) is 133 Å². The molecule has 0 aromatic heterocycles. The average molecular weight is 783 g/mol. The van der Waals surface area contributed by atoms with Crippen LogP contribution in [-0.4, -0.2) is 56.8 Å². The van der Waals surface area contributed by atoms with Crippen molar-refractivity contribution in [3.05, 3.63) is 191 Å². The fourth-order valence-corrected chi connectivity index (χ4v) is 7.88. The number of hydrogen-bond donors (Lipinski definition) is 0. The second kappa shape index (κ2) is 19.7. The Morgan fingerprint density at radius 3 is 1.91 bits per heavy atom. The molecule has 2 aliphatic heterocycles. The lowest BCUT2D eigenvalue weighted by Gasteiger charge is -2.49. The highest BCUT2D eigenvalue weighted by Crippen LogP contribution is 2.53. The molecule has 0 N–H and O–H groups in total. The minimum absolute atomic E-state index is 0.124. The Labute approximate surface area is 342 Å². The Morgan fingerprint density at radius 2 is 1.31 bits per heavy atom. The number of rotatable bonds is 20. The van der Waals surface area contributed by atoms with Crippen molar-refractivity contribution in [2.75, 3.05) is 26.9 Å². The summed E-state index contributed by atoms with van der Waals surface area (Å²) >= 11 is 0. The summed E-state index contributed by atoms with van der Waals surface area (Å²) in [7, 11) is 1.36. The van der Waals surface area contributed by atoms with Gasteiger partial charge in [0, 0.05) is 12.2 Å². The quantitative estimate of drug-likeness (QED) is 0.0440. The molecule has 2 heterocycles. The van der Waals surface area contributed by atoms with Crippen LogP contribution >= 0.6 is 0 Å². The first kappa shape index (κ1) is 41.2. The van der Waals surface area contributed by atoms with Gasteiger partial charge in [-0.25, -0.2) is 4.79 Å². The first-order valence-corrected chi connectivity index (χ1v) is 20.2. The van der Waals surface area contributed by atoms with Crippen LogP contribution in [0.2, 0.25) is 0 Å². The SMILES string of the molecule is C=CCOCCCCc1ccc(Cc2cc([C@]34OC[C@](C(=O)OC)(O3)[C@@H](OCc3ccccc3)[C@H](OCc3ccccc3)[C@H]4OCc3ccccc3)ccc2C)cc1. The monoisotopic (exact) mass is 782 g/mol. The third-order valence-electron chi connectivity index (χ3n) is 11.0. The van der Waals surface area contributed by atoms with Gasteiger partial charge in [0.2, 0.25) is 11.4 Å². The molecule has 5 aromatic carbocycles. The van der Waals surface area contributed by atoms with E-state index < -0.39 is 35.7 Å². The smallest absolute Gasteiger partial charge is 0.343 e. The second-order valence-electron chi connectivity index (χ2n) is 15.1. The molecule has 7 rings (SSSR count). The number of carbonyl (C=O) groups is 1. The summed E-state index contributed by atoms with van der Waals surface area (Å²) < 4.78 is 45.6. The van der Waals surface area contributed by atoms with Gasteiger partial charge < -0.3 is 33.2 Å². The van der Waals surface area contributed by atoms with E-state index in [1.54, 1.807) is 6.08 Å². The van der Waals surface area contributed by atoms with Gasteiger partial charge in [-0.2, -0.15) is 0 Å². The molecular weight excluding hydrogens is 729 g/mol. The molecule has 2 aliphatic rings. The number of methoxy groups -OCH3 is 1. The highest BCUT2D eigenvalue weighted by atomic mass is 16.8. The van der Waals surface area contributed by atoms with Crippen LogP contribution in [0.1, 0.15) is 57.3 Å². The first-order chi connectivity index (χ1) is 28.4. The molecule has 8 nitrogen and oxygen atoms in total. The van der Waals surface area contributed by atoms with Gasteiger partial charge in [0.1, 0.15) is 18.3 Å². The number of esters is 1. The van der Waals surface area contributed by atoms with Crippen LogP contribution in [0.5, 0.6) is 0 Å². The van der Waals surface area contributed by atoms with Crippen LogP contribution in [0.15, 0.2) is 146 Å². The van der Waals surface area contributed by atoms with Crippen molar-refractivity contribution in [2.45, 2.75) is 82.1 Å². The van der Waals surface area contributed by atoms with Crippen LogP contribution in [-0.2, 0) is 76.4 Å². The van der Waals surface area contributed by atoms with Crippen LogP contribution in [0, 0.1) is 6.92 Å². The molecule has 5 atom stereocenters. The molecule has 302 valence electrons. The summed E-state index contributed by atoms with van der Waals surface area (Å²) in [6.07, 6.45) is 2.90. The van der Waals surface area contributed by atoms with Crippen LogP contribution in [0.3, 0.4) is 0 Å². The lowest BCUT2D eigenvalue weighted by atomic mass is 9.82. The Bertz CT molecular complexity index is 2050. The average Bonchev–Trinajstić information content (AvgIpc) is 3.63. The van der Waals surface area contributed by atoms with Crippen molar-refractivity contribution >= 4 is 5.97 Å². The van der Waals surface area contributed by atoms with E-state index in [0.717, 1.165) is 59.3 Å². The van der Waals surface area contributed by atoms with Gasteiger partial charge in [-0.05, 0) is 77.6 Å². The normalized spacial score (nSPS) is 22.4. The Morgan fingerprint density at radius 1 is 0.724 bits per heavy atom. The van der Waals surface area contributed by atoms with E-state index in [2.05, 4.69) is 49.9 Å². The Balaban J connectivity index is 1.24. The number of unbranched alkanes of at least 4 members (excludes halogenated alkanes) is 1. The van der Waals surface area contributed by atoms with Crippen LogP contribution in [0.4, 0.5) is 0 Å². The molecule has 2 fully saturated rings. The lowest BCUT2D eigenvalue weighted by Crippen LogP contribution is -2.69. The Hall–Kier alpha value is -4.93. The minimum Gasteiger partial charge on any atom is -0.467 e. The summed E-state index contributed by atoms with van der Waals surface area (Å²) in [5.41, 5.74) is 6.66. The summed E-state index contributed by atoms with van der Waals surface area (Å²) in [6.45, 7) is 7.72. The van der Waals surface area contributed by atoms with Crippen LogP contribution in [0.25, 0.3) is 0 Å². The number of carbonyl (C=O) groups excluding carboxylic acids is 1. The molecule has 0 spiro atoms. The van der Waals surface area contributed by atoms with Gasteiger partial charge in [0.25, 0.3) is 0 Å². The standard InChI is InChI=1S/C50H54O8/c1-4-29-53-30-15-14-16-38-24-26-39(27-25-38)31-43-32-44(28-23-37(43)2)50-47(56-35-42-21-12-7-13-22-42)45(54-33-40-17-8-5-9-18-40)46(55-34-41-19-10-6-11-20-41)49(58-50,36-57-50)48(51)52-3/h4-13,17-28,32,45-47H,1,14-16,29-31,33-36H2,2-3H3/t45-,46-,47+,49-,50-/m0/s1. The zero-order chi connectivity index (χ0) is 40.2. The maximum atomic E-state index is 14.1. The molecule has 0 saturated carbocycles. The number of ether oxygens (including phenoxy) is 7. The van der Waals surface area contributed by atoms with Crippen LogP contribution < -0.4 is 0 Å². The van der Waals surface area contributed by atoms with Gasteiger partial charge in [0.15, 0.2) is 0 Å². The number of aryl methyl sites for hydroxylation is 2. The molecule has 8 heteroatoms. The summed E-state index contributed by atoms with van der Waals surface area (Å²) in [5, 5.41) is 0. The van der Waals surface area contributed by atoms with Crippen molar-refractivity contribution in [3.8, 4) is 0 Å². The number of benzene rings is 5. The van der Waals surface area contributed by atoms with E-state index in [1.165, 1.54) is 18.2 Å². The summed E-state index contributed by atoms with van der Waals surface area (Å²) in [5.74, 6) is -2.14. The predicted molar refractivity (Wildman–Crippen MR) is 223 cm³/mol. The third-order valence-corrected chi connectivity index (χ3v) is 11.0. The zero-order valence-corrected chi connectivity index (χ0v) is 33.6. The lowest BCUT2D eigenvalue weighted by molar-refractivity contribution is -0.345. The topological polar surface area (TPSA) is 81.7 Å². The van der Waals surface area contributed by atoms with Crippen molar-refractivity contribution in [1.82, 2.24) is 0 Å². The predicted octanol–water partition coefficient (Wildman–Crippen LogP) is 8.99. The summed E-state index contributed by atoms with van der Waals surface area (Å²) in [6, 6.07) is 44.8. The highest BCUT2D eigenvalue weighted by Gasteiger charge is 2.73. The van der Waals surface area contributed by atoms with E-state index in [0.29, 0.717) is 13.0 Å². The van der Waals surface area contributed by atoms with Crippen molar-refractivity contribution < 1.29 is 38.0 Å². The van der Waals surface area contributed by atoms with Gasteiger partial charge in [-0.15, -0.1) is 6.58 Å². The molecule has 2 saturated heterocycles. The molecule has 0 unspecified atom stereocenters. The number of hydrogen-bond acceptors (Lipinski definition) is 8. The second-order valence-corrected chi connectivity index (χ2v) is 15.1. The number of fused-ring (bicyclic) bond motifs is 2. The zero-order valence-electron chi connectivity index (χ0n) is 33.6. The van der Waals surface area contributed by atoms with E-state index >= 15 is 0 Å². The van der Waals surface area contributed by atoms with E-state index in [1.807, 2.05) is 97.1 Å². The van der Waals surface area contributed by atoms with Crippen molar-refractivity contribution in [2.24, 2.45) is 0 Å². The summed E-state index contributed by atoms with van der Waals surface area (Å²) in [4.78, 5) is 14.1. The van der Waals surface area contributed by atoms with Gasteiger partial charge >= 0.3 is 5.97 Å². The van der Waals surface area contributed by atoms with Gasteiger partial charge in [0.05, 0.1) is 40.1 Å². The largest absolute Gasteiger partial charge is 0.467 e. The molecule has 58 heavy (non-hydrogen) atoms. The van der Waals surface area contributed by atoms with Crippen molar-refractivity contribution in [1.29, 1.82) is 0 Å². The van der Waals surface area contributed by atoms with E-state index in [9.17, 15) is 4.79 Å². The van der Waals surface area contributed by atoms with E-state index in [-0.39, 0.29) is 26.4 Å². The fraction of sp³-hybridized carbons (Fsp3) is 0.340. The third kappa shape index (κ3) is 9.50.